The molecule has 1 N–H and O–H groups in total. The molecule has 182 valence electrons. The molecule has 0 saturated carbocycles. The molecule has 1 aliphatic rings. The van der Waals surface area contributed by atoms with Gasteiger partial charge in [-0.25, -0.2) is 4.98 Å². The van der Waals surface area contributed by atoms with Crippen LogP contribution in [0.5, 0.6) is 17.4 Å². The highest BCUT2D eigenvalue weighted by atomic mass is 35.5. The fraction of sp³-hybridized carbons (Fsp3) is 0.148. The Bertz CT molecular complexity index is 1390. The van der Waals surface area contributed by atoms with Crippen molar-refractivity contribution in [3.63, 3.8) is 0 Å². The minimum absolute atomic E-state index is 0.0443. The Morgan fingerprint density at radius 1 is 1.03 bits per heavy atom. The van der Waals surface area contributed by atoms with Gasteiger partial charge in [0.25, 0.3) is 0 Å². The van der Waals surface area contributed by atoms with Gasteiger partial charge in [0.05, 0.1) is 17.8 Å². The monoisotopic (exact) mass is 536 g/mol. The van der Waals surface area contributed by atoms with E-state index in [-0.39, 0.29) is 18.1 Å². The number of benzene rings is 2. The van der Waals surface area contributed by atoms with Crippen LogP contribution in [-0.4, -0.2) is 29.0 Å². The summed E-state index contributed by atoms with van der Waals surface area (Å²) in [5.41, 5.74) is 0.180. The van der Waals surface area contributed by atoms with E-state index in [4.69, 9.17) is 26.1 Å². The van der Waals surface area contributed by atoms with Crippen LogP contribution in [0.1, 0.15) is 17.7 Å². The van der Waals surface area contributed by atoms with Crippen LogP contribution in [0.4, 0.5) is 0 Å². The van der Waals surface area contributed by atoms with Crippen molar-refractivity contribution in [3.8, 4) is 17.4 Å². The zero-order valence-corrected chi connectivity index (χ0v) is 21.5. The first-order valence-corrected chi connectivity index (χ1v) is 13.3. The van der Waals surface area contributed by atoms with Gasteiger partial charge in [-0.1, -0.05) is 41.9 Å². The number of methoxy groups -OCH3 is 1. The maximum absolute atomic E-state index is 13.5. The van der Waals surface area contributed by atoms with Crippen molar-refractivity contribution in [2.24, 2.45) is 0 Å². The summed E-state index contributed by atoms with van der Waals surface area (Å²) >= 11 is 8.93. The third-order valence-electron chi connectivity index (χ3n) is 5.85. The van der Waals surface area contributed by atoms with E-state index in [0.717, 1.165) is 17.3 Å². The molecule has 36 heavy (non-hydrogen) atoms. The third-order valence-corrected chi connectivity index (χ3v) is 8.29. The molecule has 6 nitrogen and oxygen atoms in total. The topological polar surface area (TPSA) is 77.5 Å². The normalized spacial score (nSPS) is 19.6. The van der Waals surface area contributed by atoms with E-state index in [0.29, 0.717) is 33.0 Å². The number of carbonyl (C=O) groups excluding carboxylic acids is 2. The number of ketones is 1. The Kier molecular flexibility index (Phi) is 7.00. The van der Waals surface area contributed by atoms with E-state index in [1.165, 1.54) is 11.3 Å². The number of amides is 1. The summed E-state index contributed by atoms with van der Waals surface area (Å²) in [6.45, 7) is 0. The Hall–Kier alpha value is -3.33. The number of nitrogens with one attached hydrogen (secondary N) is 1. The fourth-order valence-corrected chi connectivity index (χ4v) is 6.09. The number of ether oxygens (including phenoxy) is 2. The number of para-hydroxylation sites is 2. The molecule has 0 aliphatic carbocycles. The van der Waals surface area contributed by atoms with Gasteiger partial charge < -0.3 is 14.8 Å². The number of hydrogen-bond donors (Lipinski definition) is 1. The number of nitrogens with zero attached hydrogens (tertiary/aromatic N) is 1. The van der Waals surface area contributed by atoms with E-state index in [1.807, 2.05) is 41.1 Å². The summed E-state index contributed by atoms with van der Waals surface area (Å²) in [5.74, 6) is 0.806. The highest BCUT2D eigenvalue weighted by Gasteiger charge is 2.48. The maximum atomic E-state index is 13.5. The minimum Gasteiger partial charge on any atom is -0.493 e. The van der Waals surface area contributed by atoms with E-state index >= 15 is 0 Å². The summed E-state index contributed by atoms with van der Waals surface area (Å²) in [6, 6.07) is 21.6. The molecule has 1 fully saturated rings. The second-order valence-electron chi connectivity index (χ2n) is 8.09. The van der Waals surface area contributed by atoms with E-state index < -0.39 is 10.8 Å². The Labute approximate surface area is 221 Å². The average molecular weight is 537 g/mol. The smallest absolute Gasteiger partial charge is 0.242 e. The second-order valence-corrected chi connectivity index (χ2v) is 10.4. The summed E-state index contributed by atoms with van der Waals surface area (Å²) < 4.78 is 11.4. The largest absolute Gasteiger partial charge is 0.493 e. The van der Waals surface area contributed by atoms with Crippen molar-refractivity contribution in [2.75, 3.05) is 7.11 Å². The number of hydrogen-bond acceptors (Lipinski definition) is 7. The quantitative estimate of drug-likeness (QED) is 0.288. The minimum atomic E-state index is -1.12. The van der Waals surface area contributed by atoms with Crippen LogP contribution >= 0.6 is 34.7 Å². The summed E-state index contributed by atoms with van der Waals surface area (Å²) in [7, 11) is 1.57. The summed E-state index contributed by atoms with van der Waals surface area (Å²) in [6.07, 6.45) is 0.0443. The lowest BCUT2D eigenvalue weighted by Crippen LogP contribution is -2.58. The number of carbonyl (C=O) groups is 2. The molecule has 9 heteroatoms. The van der Waals surface area contributed by atoms with Crippen molar-refractivity contribution in [2.45, 2.75) is 22.1 Å². The molecule has 0 spiro atoms. The number of Topliss-reactive ketones (excluding diaryl/α,β-unsaturated/α-hetero) is 1. The van der Waals surface area contributed by atoms with Crippen molar-refractivity contribution in [1.29, 1.82) is 0 Å². The van der Waals surface area contributed by atoms with Crippen molar-refractivity contribution in [3.05, 3.63) is 99.8 Å². The molecule has 2 aromatic carbocycles. The molecular formula is C27H21ClN2O4S2. The number of thiophene rings is 1. The van der Waals surface area contributed by atoms with Gasteiger partial charge in [-0.2, -0.15) is 11.3 Å². The number of halogens is 1. The van der Waals surface area contributed by atoms with Crippen LogP contribution in [0.2, 0.25) is 5.02 Å². The second kappa shape index (κ2) is 10.3. The standard InChI is InChI=1S/C27H21ClN2O4S2/c1-33-20-8-3-4-9-21(20)34-24-12-6-11-23(29-24)27(17-13-14-35-16-17)15-19(31)25(26(32)30-27)36-22-10-5-2-7-18(22)28/h2-14,16,25H,15H2,1H3,(H,30,32). The van der Waals surface area contributed by atoms with Crippen molar-refractivity contribution < 1.29 is 19.1 Å². The zero-order valence-electron chi connectivity index (χ0n) is 19.1. The molecule has 3 heterocycles. The lowest BCUT2D eigenvalue weighted by atomic mass is 9.79. The number of rotatable bonds is 7. The van der Waals surface area contributed by atoms with Gasteiger partial charge in [0.2, 0.25) is 11.8 Å². The number of pyridine rings is 1. The van der Waals surface area contributed by atoms with E-state index in [2.05, 4.69) is 5.32 Å². The molecule has 1 amide bonds. The van der Waals surface area contributed by atoms with Gasteiger partial charge in [-0.3, -0.25) is 9.59 Å². The van der Waals surface area contributed by atoms with Gasteiger partial charge in [0, 0.05) is 17.4 Å². The molecule has 2 aromatic heterocycles. The van der Waals surface area contributed by atoms with Crippen LogP contribution in [0, 0.1) is 0 Å². The van der Waals surface area contributed by atoms with Crippen LogP contribution in [0.15, 0.2) is 88.5 Å². The average Bonchev–Trinajstić information content (AvgIpc) is 3.43. The van der Waals surface area contributed by atoms with Crippen LogP contribution in [-0.2, 0) is 15.1 Å². The van der Waals surface area contributed by atoms with Crippen molar-refractivity contribution in [1.82, 2.24) is 10.3 Å². The molecule has 2 unspecified atom stereocenters. The Balaban J connectivity index is 1.49. The number of thioether (sulfide) groups is 1. The lowest BCUT2D eigenvalue weighted by molar-refractivity contribution is -0.133. The SMILES string of the molecule is COc1ccccc1Oc1cccc(C2(c3ccsc3)CC(=O)C(Sc3ccccc3Cl)C(=O)N2)n1. The first-order chi connectivity index (χ1) is 17.5. The van der Waals surface area contributed by atoms with Crippen LogP contribution < -0.4 is 14.8 Å². The summed E-state index contributed by atoms with van der Waals surface area (Å²) in [5, 5.41) is 6.54. The number of aromatic nitrogens is 1. The lowest BCUT2D eigenvalue weighted by Gasteiger charge is -2.39. The fourth-order valence-electron chi connectivity index (χ4n) is 4.12. The van der Waals surface area contributed by atoms with Gasteiger partial charge in [0.15, 0.2) is 17.3 Å². The Morgan fingerprint density at radius 3 is 2.53 bits per heavy atom. The number of piperidine rings is 1. The molecule has 1 aliphatic heterocycles. The highest BCUT2D eigenvalue weighted by molar-refractivity contribution is 8.01. The highest BCUT2D eigenvalue weighted by Crippen LogP contribution is 2.41. The third kappa shape index (κ3) is 4.72. The van der Waals surface area contributed by atoms with Crippen LogP contribution in [0.3, 0.4) is 0 Å². The summed E-state index contributed by atoms with van der Waals surface area (Å²) in [4.78, 5) is 32.3. The maximum Gasteiger partial charge on any atom is 0.242 e. The molecule has 2 atom stereocenters. The molecular weight excluding hydrogens is 516 g/mol. The van der Waals surface area contributed by atoms with Gasteiger partial charge in [-0.15, -0.1) is 11.8 Å². The van der Waals surface area contributed by atoms with Gasteiger partial charge in [0.1, 0.15) is 10.8 Å². The van der Waals surface area contributed by atoms with Crippen LogP contribution in [0.25, 0.3) is 0 Å². The predicted octanol–water partition coefficient (Wildman–Crippen LogP) is 6.09. The molecule has 4 aromatic rings. The first-order valence-electron chi connectivity index (χ1n) is 11.1. The molecule has 0 radical (unpaired) electrons. The first kappa shape index (κ1) is 24.4. The molecule has 1 saturated heterocycles. The molecule has 5 rings (SSSR count). The predicted molar refractivity (Wildman–Crippen MR) is 141 cm³/mol. The Morgan fingerprint density at radius 2 is 1.81 bits per heavy atom. The molecule has 0 bridgehead atoms. The van der Waals surface area contributed by atoms with Gasteiger partial charge >= 0.3 is 0 Å². The van der Waals surface area contributed by atoms with Crippen molar-refractivity contribution >= 4 is 46.4 Å². The van der Waals surface area contributed by atoms with E-state index in [9.17, 15) is 9.59 Å². The van der Waals surface area contributed by atoms with E-state index in [1.54, 1.807) is 49.6 Å². The van der Waals surface area contributed by atoms with Gasteiger partial charge in [-0.05, 0) is 52.7 Å². The zero-order chi connectivity index (χ0) is 25.1.